The maximum absolute atomic E-state index is 14.6. The number of nitrogens with zero attached hydrogens (tertiary/aromatic N) is 1. The highest BCUT2D eigenvalue weighted by Crippen LogP contribution is 2.44. The number of amides is 1. The van der Waals surface area contributed by atoms with Crippen molar-refractivity contribution in [1.29, 1.82) is 0 Å². The lowest BCUT2D eigenvalue weighted by molar-refractivity contribution is -0.131. The molecule has 0 spiro atoms. The topological polar surface area (TPSA) is 49.8 Å². The number of carbonyl (C=O) groups is 1. The smallest absolute Gasteiger partial charge is 0.289 e. The second-order valence-corrected chi connectivity index (χ2v) is 6.64. The van der Waals surface area contributed by atoms with Crippen molar-refractivity contribution in [3.63, 3.8) is 0 Å². The predicted molar refractivity (Wildman–Crippen MR) is 95.8 cm³/mol. The van der Waals surface area contributed by atoms with Gasteiger partial charge in [0.15, 0.2) is 5.76 Å². The van der Waals surface area contributed by atoms with Gasteiger partial charge >= 0.3 is 0 Å². The van der Waals surface area contributed by atoms with Crippen LogP contribution in [0.3, 0.4) is 0 Å². The molecule has 2 aliphatic rings. The Kier molecular flexibility index (Phi) is 4.47. The Labute approximate surface area is 151 Å². The summed E-state index contributed by atoms with van der Waals surface area (Å²) in [4.78, 5) is 14.3. The van der Waals surface area contributed by atoms with E-state index < -0.39 is 17.8 Å². The van der Waals surface area contributed by atoms with Gasteiger partial charge in [-0.2, -0.15) is 0 Å². The molecule has 1 amide bonds. The summed E-state index contributed by atoms with van der Waals surface area (Å²) in [5.41, 5.74) is 1.53. The molecule has 1 N–H and O–H groups in total. The molecular weight excluding hydrogens is 333 g/mol. The van der Waals surface area contributed by atoms with Crippen LogP contribution in [0, 0.1) is 5.82 Å². The Bertz CT molecular complexity index is 843. The van der Waals surface area contributed by atoms with Crippen molar-refractivity contribution in [2.75, 3.05) is 13.2 Å². The lowest BCUT2D eigenvalue weighted by Gasteiger charge is -2.29. The molecule has 0 saturated carbocycles. The number of aliphatic hydroxyl groups is 1. The first-order valence-corrected chi connectivity index (χ1v) is 8.82. The SMILES string of the molecule is O=C1C(O)=C(c2ccccc2)[C@@H](c2ccccc2F)N1C[C@@H]1CCCO1. The van der Waals surface area contributed by atoms with Crippen LogP contribution in [0.2, 0.25) is 0 Å². The van der Waals surface area contributed by atoms with Crippen molar-refractivity contribution < 1.29 is 19.0 Å². The molecule has 2 aliphatic heterocycles. The van der Waals surface area contributed by atoms with Gasteiger partial charge in [-0.3, -0.25) is 4.79 Å². The van der Waals surface area contributed by atoms with Crippen molar-refractivity contribution in [1.82, 2.24) is 4.90 Å². The Morgan fingerprint density at radius 1 is 1.12 bits per heavy atom. The van der Waals surface area contributed by atoms with Crippen molar-refractivity contribution >= 4 is 11.5 Å². The fourth-order valence-corrected chi connectivity index (χ4v) is 3.78. The van der Waals surface area contributed by atoms with Crippen molar-refractivity contribution in [3.8, 4) is 0 Å². The van der Waals surface area contributed by atoms with E-state index in [9.17, 15) is 14.3 Å². The molecular formula is C21H20FNO3. The minimum atomic E-state index is -0.671. The lowest BCUT2D eigenvalue weighted by atomic mass is 9.93. The minimum Gasteiger partial charge on any atom is -0.503 e. The summed E-state index contributed by atoms with van der Waals surface area (Å²) in [7, 11) is 0. The highest BCUT2D eigenvalue weighted by molar-refractivity contribution is 6.05. The third kappa shape index (κ3) is 2.88. The number of aliphatic hydroxyl groups excluding tert-OH is 1. The van der Waals surface area contributed by atoms with E-state index in [1.165, 1.54) is 11.0 Å². The van der Waals surface area contributed by atoms with Gasteiger partial charge in [0, 0.05) is 24.3 Å². The molecule has 5 heteroatoms. The molecule has 0 aliphatic carbocycles. The van der Waals surface area contributed by atoms with Crippen molar-refractivity contribution in [3.05, 3.63) is 77.3 Å². The molecule has 1 saturated heterocycles. The molecule has 26 heavy (non-hydrogen) atoms. The van der Waals surface area contributed by atoms with Crippen LogP contribution in [0.25, 0.3) is 5.57 Å². The fourth-order valence-electron chi connectivity index (χ4n) is 3.78. The molecule has 134 valence electrons. The summed E-state index contributed by atoms with van der Waals surface area (Å²) < 4.78 is 20.3. The van der Waals surface area contributed by atoms with Gasteiger partial charge in [0.25, 0.3) is 5.91 Å². The van der Waals surface area contributed by atoms with Crippen LogP contribution in [0.1, 0.15) is 30.0 Å². The zero-order valence-electron chi connectivity index (χ0n) is 14.3. The van der Waals surface area contributed by atoms with Crippen LogP contribution >= 0.6 is 0 Å². The molecule has 2 heterocycles. The van der Waals surface area contributed by atoms with Crippen molar-refractivity contribution in [2.24, 2.45) is 0 Å². The number of carbonyl (C=O) groups excluding carboxylic acids is 1. The second-order valence-electron chi connectivity index (χ2n) is 6.64. The fraction of sp³-hybridized carbons (Fsp3) is 0.286. The molecule has 4 rings (SSSR count). The zero-order chi connectivity index (χ0) is 18.1. The summed E-state index contributed by atoms with van der Waals surface area (Å²) in [5, 5.41) is 10.6. The standard InChI is InChI=1S/C21H20FNO3/c22-17-11-5-4-10-16(17)19-18(14-7-2-1-3-8-14)20(24)21(25)23(19)13-15-9-6-12-26-15/h1-5,7-8,10-11,15,19,24H,6,9,12-13H2/t15-,19+/m0/s1. The van der Waals surface area contributed by atoms with E-state index in [1.54, 1.807) is 18.2 Å². The first kappa shape index (κ1) is 16.8. The molecule has 0 unspecified atom stereocenters. The molecule has 2 aromatic rings. The van der Waals surface area contributed by atoms with Gasteiger partial charge in [-0.15, -0.1) is 0 Å². The van der Waals surface area contributed by atoms with E-state index in [0.29, 0.717) is 29.9 Å². The van der Waals surface area contributed by atoms with Crippen LogP contribution in [-0.2, 0) is 9.53 Å². The highest BCUT2D eigenvalue weighted by atomic mass is 19.1. The number of ether oxygens (including phenoxy) is 1. The summed E-state index contributed by atoms with van der Waals surface area (Å²) in [6.07, 6.45) is 1.72. The van der Waals surface area contributed by atoms with Crippen LogP contribution in [0.15, 0.2) is 60.4 Å². The Hall–Kier alpha value is -2.66. The van der Waals surface area contributed by atoms with Crippen LogP contribution < -0.4 is 0 Å². The Morgan fingerprint density at radius 3 is 2.54 bits per heavy atom. The van der Waals surface area contributed by atoms with Crippen LogP contribution in [-0.4, -0.2) is 35.2 Å². The Balaban J connectivity index is 1.80. The van der Waals surface area contributed by atoms with Gasteiger partial charge in [0.1, 0.15) is 5.82 Å². The number of benzene rings is 2. The van der Waals surface area contributed by atoms with E-state index >= 15 is 0 Å². The average molecular weight is 353 g/mol. The third-order valence-corrected chi connectivity index (χ3v) is 5.01. The number of halogens is 1. The molecule has 2 aromatic carbocycles. The molecule has 4 nitrogen and oxygen atoms in total. The number of rotatable bonds is 4. The zero-order valence-corrected chi connectivity index (χ0v) is 14.3. The summed E-state index contributed by atoms with van der Waals surface area (Å²) in [5.74, 6) is -1.19. The minimum absolute atomic E-state index is 0.0869. The van der Waals surface area contributed by atoms with Gasteiger partial charge in [-0.05, 0) is 24.5 Å². The van der Waals surface area contributed by atoms with Gasteiger partial charge < -0.3 is 14.7 Å². The van der Waals surface area contributed by atoms with E-state index in [2.05, 4.69) is 0 Å². The van der Waals surface area contributed by atoms with Crippen molar-refractivity contribution in [2.45, 2.75) is 25.0 Å². The first-order chi connectivity index (χ1) is 12.7. The summed E-state index contributed by atoms with van der Waals surface area (Å²) in [6, 6.07) is 14.9. The second kappa shape index (κ2) is 6.92. The molecule has 0 aromatic heterocycles. The maximum Gasteiger partial charge on any atom is 0.289 e. The Morgan fingerprint density at radius 2 is 1.85 bits per heavy atom. The summed E-state index contributed by atoms with van der Waals surface area (Å²) in [6.45, 7) is 1.00. The van der Waals surface area contributed by atoms with E-state index in [1.807, 2.05) is 30.3 Å². The third-order valence-electron chi connectivity index (χ3n) is 5.01. The average Bonchev–Trinajstić information content (AvgIpc) is 3.25. The van der Waals surface area contributed by atoms with Gasteiger partial charge in [0.2, 0.25) is 0 Å². The van der Waals surface area contributed by atoms with E-state index in [4.69, 9.17) is 4.74 Å². The van der Waals surface area contributed by atoms with E-state index in [0.717, 1.165) is 12.8 Å². The van der Waals surface area contributed by atoms with Gasteiger partial charge in [0.05, 0.1) is 12.1 Å². The molecule has 0 bridgehead atoms. The normalized spacial score (nSPS) is 23.1. The number of hydrogen-bond donors (Lipinski definition) is 1. The first-order valence-electron chi connectivity index (χ1n) is 8.82. The van der Waals surface area contributed by atoms with Gasteiger partial charge in [-0.25, -0.2) is 4.39 Å². The maximum atomic E-state index is 14.6. The highest BCUT2D eigenvalue weighted by Gasteiger charge is 2.43. The quantitative estimate of drug-likeness (QED) is 0.908. The lowest BCUT2D eigenvalue weighted by Crippen LogP contribution is -2.37. The van der Waals surface area contributed by atoms with Crippen LogP contribution in [0.4, 0.5) is 4.39 Å². The molecule has 2 atom stereocenters. The number of hydrogen-bond acceptors (Lipinski definition) is 3. The predicted octanol–water partition coefficient (Wildman–Crippen LogP) is 3.86. The van der Waals surface area contributed by atoms with Gasteiger partial charge in [-0.1, -0.05) is 48.5 Å². The largest absolute Gasteiger partial charge is 0.503 e. The van der Waals surface area contributed by atoms with Crippen LogP contribution in [0.5, 0.6) is 0 Å². The monoisotopic (exact) mass is 353 g/mol. The molecule has 1 fully saturated rings. The van der Waals surface area contributed by atoms with E-state index in [-0.39, 0.29) is 11.9 Å². The molecule has 0 radical (unpaired) electrons. The summed E-state index contributed by atoms with van der Waals surface area (Å²) >= 11 is 0.